The molecule has 94 valence electrons. The van der Waals surface area contributed by atoms with E-state index in [0.29, 0.717) is 18.7 Å². The topological polar surface area (TPSA) is 76.5 Å². The van der Waals surface area contributed by atoms with Crippen molar-refractivity contribution in [3.05, 3.63) is 17.9 Å². The molecule has 0 bridgehead atoms. The van der Waals surface area contributed by atoms with Crippen LogP contribution in [-0.2, 0) is 16.6 Å². The maximum Gasteiger partial charge on any atom is 0.277 e. The summed E-state index contributed by atoms with van der Waals surface area (Å²) in [6, 6.07) is 2.95. The van der Waals surface area contributed by atoms with Crippen LogP contribution in [0.1, 0.15) is 19.1 Å². The van der Waals surface area contributed by atoms with Crippen molar-refractivity contribution in [2.24, 2.45) is 5.73 Å². The molecule has 0 aromatic carbocycles. The number of furan rings is 1. The highest BCUT2D eigenvalue weighted by molar-refractivity contribution is 7.89. The Morgan fingerprint density at radius 3 is 2.71 bits per heavy atom. The molecule has 0 saturated carbocycles. The van der Waals surface area contributed by atoms with Crippen LogP contribution in [0.4, 0.5) is 0 Å². The number of hydrogen-bond acceptors (Lipinski definition) is 4. The van der Waals surface area contributed by atoms with Crippen LogP contribution in [0, 0.1) is 12.3 Å². The van der Waals surface area contributed by atoms with Gasteiger partial charge in [0.05, 0.1) is 13.1 Å². The number of nitrogens with two attached hydrogens (primary N) is 1. The fraction of sp³-hybridized carbons (Fsp3) is 0.455. The third-order valence-corrected chi connectivity index (χ3v) is 3.89. The molecule has 2 N–H and O–H groups in total. The van der Waals surface area contributed by atoms with E-state index < -0.39 is 10.0 Å². The molecule has 0 saturated heterocycles. The lowest BCUT2D eigenvalue weighted by molar-refractivity contribution is 0.381. The van der Waals surface area contributed by atoms with Gasteiger partial charge in [-0.1, -0.05) is 12.8 Å². The van der Waals surface area contributed by atoms with Crippen molar-refractivity contribution < 1.29 is 12.8 Å². The zero-order chi connectivity index (χ0) is 12.9. The van der Waals surface area contributed by atoms with Crippen LogP contribution in [0.5, 0.6) is 0 Å². The van der Waals surface area contributed by atoms with E-state index in [0.717, 1.165) is 0 Å². The lowest BCUT2D eigenvalue weighted by atomic mass is 10.5. The molecule has 0 aliphatic heterocycles. The average molecular weight is 256 g/mol. The quantitative estimate of drug-likeness (QED) is 0.763. The number of rotatable bonds is 6. The van der Waals surface area contributed by atoms with Crippen LogP contribution in [0.3, 0.4) is 0 Å². The summed E-state index contributed by atoms with van der Waals surface area (Å²) < 4.78 is 30.6. The Labute approximate surface area is 102 Å². The van der Waals surface area contributed by atoms with Gasteiger partial charge in [0, 0.05) is 6.54 Å². The van der Waals surface area contributed by atoms with Crippen molar-refractivity contribution in [3.8, 4) is 12.3 Å². The summed E-state index contributed by atoms with van der Waals surface area (Å²) in [5, 5.41) is -0.110. The predicted molar refractivity (Wildman–Crippen MR) is 64.5 cm³/mol. The lowest BCUT2D eigenvalue weighted by Crippen LogP contribution is -2.32. The van der Waals surface area contributed by atoms with Gasteiger partial charge >= 0.3 is 0 Å². The number of nitrogens with zero attached hydrogens (tertiary/aromatic N) is 1. The summed E-state index contributed by atoms with van der Waals surface area (Å²) in [5.41, 5.74) is 5.37. The fourth-order valence-electron chi connectivity index (χ4n) is 1.37. The summed E-state index contributed by atoms with van der Waals surface area (Å²) in [4.78, 5) is 0. The minimum atomic E-state index is -3.65. The van der Waals surface area contributed by atoms with Crippen molar-refractivity contribution in [2.45, 2.75) is 25.0 Å². The van der Waals surface area contributed by atoms with E-state index in [9.17, 15) is 8.42 Å². The standard InChI is InChI=1S/C11H16N2O3S/c1-3-7-13(8-4-2)17(14,15)11-6-5-10(9-12)16-11/h1,5-6H,4,7-9,12H2,2H3. The van der Waals surface area contributed by atoms with Crippen molar-refractivity contribution in [1.29, 1.82) is 0 Å². The number of hydrogen-bond donors (Lipinski definition) is 1. The first-order valence-corrected chi connectivity index (χ1v) is 6.72. The molecular weight excluding hydrogens is 240 g/mol. The molecule has 1 heterocycles. The SMILES string of the molecule is C#CCN(CCC)S(=O)(=O)c1ccc(CN)o1. The van der Waals surface area contributed by atoms with E-state index in [4.69, 9.17) is 16.6 Å². The maximum atomic E-state index is 12.1. The predicted octanol–water partition coefficient (Wildman–Crippen LogP) is 0.772. The van der Waals surface area contributed by atoms with E-state index in [2.05, 4.69) is 5.92 Å². The summed E-state index contributed by atoms with van der Waals surface area (Å²) in [6.45, 7) is 2.45. The van der Waals surface area contributed by atoms with Gasteiger partial charge in [-0.15, -0.1) is 6.42 Å². The molecule has 1 rings (SSSR count). The molecule has 0 atom stereocenters. The summed E-state index contributed by atoms with van der Waals surface area (Å²) in [5.74, 6) is 2.76. The lowest BCUT2D eigenvalue weighted by Gasteiger charge is -2.17. The number of terminal acetylenes is 1. The molecule has 1 aromatic rings. The van der Waals surface area contributed by atoms with Crippen LogP contribution in [0.25, 0.3) is 0 Å². The molecule has 1 aromatic heterocycles. The Kier molecular flexibility index (Phi) is 4.75. The monoisotopic (exact) mass is 256 g/mol. The Morgan fingerprint density at radius 2 is 2.24 bits per heavy atom. The molecule has 5 nitrogen and oxygen atoms in total. The van der Waals surface area contributed by atoms with E-state index in [1.807, 2.05) is 6.92 Å². The molecule has 0 fully saturated rings. The van der Waals surface area contributed by atoms with Gasteiger partial charge in [-0.05, 0) is 18.6 Å². The van der Waals surface area contributed by atoms with Gasteiger partial charge in [-0.2, -0.15) is 4.31 Å². The molecule has 17 heavy (non-hydrogen) atoms. The second-order valence-electron chi connectivity index (χ2n) is 3.47. The van der Waals surface area contributed by atoms with Gasteiger partial charge in [0.1, 0.15) is 5.76 Å². The summed E-state index contributed by atoms with van der Waals surface area (Å²) in [6.07, 6.45) is 5.84. The van der Waals surface area contributed by atoms with Gasteiger partial charge in [0.2, 0.25) is 5.09 Å². The highest BCUT2D eigenvalue weighted by Gasteiger charge is 2.26. The zero-order valence-corrected chi connectivity index (χ0v) is 10.5. The van der Waals surface area contributed by atoms with Crippen LogP contribution < -0.4 is 5.73 Å². The van der Waals surface area contributed by atoms with Gasteiger partial charge in [0.15, 0.2) is 0 Å². The zero-order valence-electron chi connectivity index (χ0n) is 9.72. The highest BCUT2D eigenvalue weighted by atomic mass is 32.2. The van der Waals surface area contributed by atoms with Crippen LogP contribution in [0.2, 0.25) is 0 Å². The van der Waals surface area contributed by atoms with Crippen LogP contribution >= 0.6 is 0 Å². The largest absolute Gasteiger partial charge is 0.447 e. The minimum absolute atomic E-state index is 0.0365. The summed E-state index contributed by atoms with van der Waals surface area (Å²) in [7, 11) is -3.65. The first kappa shape index (κ1) is 13.8. The third kappa shape index (κ3) is 3.09. The van der Waals surface area contributed by atoms with Gasteiger partial charge < -0.3 is 10.2 Å². The second kappa shape index (κ2) is 5.87. The Balaban J connectivity index is 3.03. The minimum Gasteiger partial charge on any atom is -0.447 e. The van der Waals surface area contributed by atoms with E-state index in [-0.39, 0.29) is 18.2 Å². The van der Waals surface area contributed by atoms with Crippen molar-refractivity contribution in [1.82, 2.24) is 4.31 Å². The molecule has 0 spiro atoms. The van der Waals surface area contributed by atoms with Crippen LogP contribution in [-0.4, -0.2) is 25.8 Å². The first-order chi connectivity index (χ1) is 8.06. The molecule has 0 aliphatic carbocycles. The molecule has 0 amide bonds. The van der Waals surface area contributed by atoms with E-state index in [1.165, 1.54) is 10.4 Å². The van der Waals surface area contributed by atoms with Gasteiger partial charge in [0.25, 0.3) is 10.0 Å². The molecule has 0 unspecified atom stereocenters. The fourth-order valence-corrected chi connectivity index (χ4v) is 2.74. The smallest absolute Gasteiger partial charge is 0.277 e. The maximum absolute atomic E-state index is 12.1. The van der Waals surface area contributed by atoms with Crippen molar-refractivity contribution >= 4 is 10.0 Å². The van der Waals surface area contributed by atoms with E-state index >= 15 is 0 Å². The van der Waals surface area contributed by atoms with Gasteiger partial charge in [-0.25, -0.2) is 8.42 Å². The van der Waals surface area contributed by atoms with Crippen molar-refractivity contribution in [2.75, 3.05) is 13.1 Å². The molecular formula is C11H16N2O3S. The highest BCUT2D eigenvalue weighted by Crippen LogP contribution is 2.18. The third-order valence-electron chi connectivity index (χ3n) is 2.17. The Morgan fingerprint density at radius 1 is 1.53 bits per heavy atom. The van der Waals surface area contributed by atoms with E-state index in [1.54, 1.807) is 6.07 Å². The Hall–Kier alpha value is -1.29. The normalized spacial score (nSPS) is 11.6. The molecule has 0 radical (unpaired) electrons. The average Bonchev–Trinajstić information content (AvgIpc) is 2.78. The second-order valence-corrected chi connectivity index (χ2v) is 5.34. The van der Waals surface area contributed by atoms with Crippen LogP contribution in [0.15, 0.2) is 21.6 Å². The Bertz CT molecular complexity index is 499. The van der Waals surface area contributed by atoms with Crippen molar-refractivity contribution in [3.63, 3.8) is 0 Å². The molecule has 6 heteroatoms. The van der Waals surface area contributed by atoms with Gasteiger partial charge in [-0.3, -0.25) is 0 Å². The number of sulfonamides is 1. The summed E-state index contributed by atoms with van der Waals surface area (Å²) >= 11 is 0. The first-order valence-electron chi connectivity index (χ1n) is 5.28. The molecule has 0 aliphatic rings.